The third kappa shape index (κ3) is 2.38. The molecule has 4 aliphatic carbocycles. The third-order valence-corrected chi connectivity index (χ3v) is 9.38. The molecule has 0 heterocycles. The van der Waals surface area contributed by atoms with Crippen molar-refractivity contribution in [1.82, 2.24) is 0 Å². The van der Waals surface area contributed by atoms with Crippen LogP contribution >= 0.6 is 0 Å². The van der Waals surface area contributed by atoms with Crippen LogP contribution in [-0.4, -0.2) is 22.5 Å². The number of ketones is 1. The molecule has 0 aromatic carbocycles. The number of aliphatic hydroxyl groups is 1. The topological polar surface area (TPSA) is 77.4 Å². The van der Waals surface area contributed by atoms with E-state index in [1.165, 1.54) is 5.57 Å². The molecule has 0 saturated heterocycles. The van der Waals surface area contributed by atoms with Gasteiger partial charge in [-0.15, -0.1) is 0 Å². The lowest BCUT2D eigenvalue weighted by molar-refractivity contribution is -0.307. The van der Waals surface area contributed by atoms with Crippen LogP contribution in [0.1, 0.15) is 72.1 Å². The van der Waals surface area contributed by atoms with Gasteiger partial charge >= 0.3 is 0 Å². The largest absolute Gasteiger partial charge is 0.550 e. The summed E-state index contributed by atoms with van der Waals surface area (Å²) in [6.45, 7) is 6.80. The first-order chi connectivity index (χ1) is 12.6. The molecular weight excluding hydrogens is 340 g/mol. The highest BCUT2D eigenvalue weighted by Crippen LogP contribution is 2.72. The Labute approximate surface area is 161 Å². The summed E-state index contributed by atoms with van der Waals surface area (Å²) in [6.07, 6.45) is 11.5. The van der Waals surface area contributed by atoms with Gasteiger partial charge in [-0.05, 0) is 79.3 Å². The van der Waals surface area contributed by atoms with Crippen molar-refractivity contribution in [3.8, 4) is 0 Å². The van der Waals surface area contributed by atoms with Gasteiger partial charge in [0.1, 0.15) is 0 Å². The van der Waals surface area contributed by atoms with Crippen LogP contribution in [0.4, 0.5) is 0 Å². The van der Waals surface area contributed by atoms with Gasteiger partial charge in [0, 0.05) is 17.8 Å². The molecule has 0 bridgehead atoms. The average molecular weight is 371 g/mol. The SMILES string of the molecule is C[C@]12CC[C@H]3[C@@H](C=CC4=CC(=O)CC[C@@]43C)[C@]1(C)CC[C@@]2(O)CCC(=O)[O-]. The van der Waals surface area contributed by atoms with Crippen molar-refractivity contribution in [3.63, 3.8) is 0 Å². The molecule has 27 heavy (non-hydrogen) atoms. The Balaban J connectivity index is 1.72. The number of hydrogen-bond donors (Lipinski definition) is 1. The minimum atomic E-state index is -1.08. The molecular formula is C23H31O4-. The summed E-state index contributed by atoms with van der Waals surface area (Å²) in [5.41, 5.74) is -0.104. The highest BCUT2D eigenvalue weighted by atomic mass is 16.4. The van der Waals surface area contributed by atoms with E-state index in [9.17, 15) is 19.8 Å². The number of fused-ring (bicyclic) bond motifs is 5. The van der Waals surface area contributed by atoms with Gasteiger partial charge in [-0.1, -0.05) is 32.9 Å². The molecule has 2 fully saturated rings. The lowest BCUT2D eigenvalue weighted by Crippen LogP contribution is -2.58. The molecule has 0 unspecified atom stereocenters. The van der Waals surface area contributed by atoms with Gasteiger partial charge < -0.3 is 15.0 Å². The van der Waals surface area contributed by atoms with E-state index in [4.69, 9.17) is 0 Å². The van der Waals surface area contributed by atoms with E-state index in [1.54, 1.807) is 0 Å². The Morgan fingerprint density at radius 1 is 1.22 bits per heavy atom. The van der Waals surface area contributed by atoms with Crippen molar-refractivity contribution in [1.29, 1.82) is 0 Å². The maximum atomic E-state index is 11.9. The van der Waals surface area contributed by atoms with Gasteiger partial charge in [0.15, 0.2) is 5.78 Å². The van der Waals surface area contributed by atoms with E-state index in [0.29, 0.717) is 24.7 Å². The predicted octanol–water partition coefficient (Wildman–Crippen LogP) is 2.95. The standard InChI is InChI=1S/C23H32O4/c1-20-9-6-16(24)14-15(20)4-5-18-17(20)7-10-22(3)21(18,2)12-13-23(22,27)11-8-19(25)26/h4-5,14,17-18,27H,6-13H2,1-3H3,(H,25,26)/p-1/t17-,18+,20-,21-,22-,23-/m0/s1. The molecule has 0 aromatic rings. The molecule has 6 atom stereocenters. The minimum Gasteiger partial charge on any atom is -0.550 e. The Kier molecular flexibility index (Phi) is 4.06. The Morgan fingerprint density at radius 2 is 1.96 bits per heavy atom. The highest BCUT2D eigenvalue weighted by molar-refractivity contribution is 5.92. The van der Waals surface area contributed by atoms with Gasteiger partial charge in [0.2, 0.25) is 0 Å². The second-order valence-electron chi connectivity index (χ2n) is 10.2. The summed E-state index contributed by atoms with van der Waals surface area (Å²) < 4.78 is 0. The normalized spacial score (nSPS) is 48.4. The lowest BCUT2D eigenvalue weighted by atomic mass is 9.43. The van der Waals surface area contributed by atoms with Crippen molar-refractivity contribution in [2.45, 2.75) is 77.7 Å². The molecule has 0 spiro atoms. The van der Waals surface area contributed by atoms with Gasteiger partial charge in [0.05, 0.1) is 5.60 Å². The molecule has 0 aromatic heterocycles. The Bertz CT molecular complexity index is 751. The van der Waals surface area contributed by atoms with Crippen LogP contribution in [0.5, 0.6) is 0 Å². The van der Waals surface area contributed by atoms with E-state index >= 15 is 0 Å². The van der Waals surface area contributed by atoms with Crippen LogP contribution in [0.15, 0.2) is 23.8 Å². The smallest absolute Gasteiger partial charge is 0.156 e. The van der Waals surface area contributed by atoms with Gasteiger partial charge in [-0.2, -0.15) is 0 Å². The number of carboxylic acid groups (broad SMARTS) is 1. The zero-order valence-corrected chi connectivity index (χ0v) is 16.7. The van der Waals surface area contributed by atoms with E-state index in [1.807, 2.05) is 6.08 Å². The molecule has 4 nitrogen and oxygen atoms in total. The van der Waals surface area contributed by atoms with Crippen LogP contribution in [0.3, 0.4) is 0 Å². The van der Waals surface area contributed by atoms with Crippen molar-refractivity contribution in [3.05, 3.63) is 23.8 Å². The number of carboxylic acids is 1. The summed E-state index contributed by atoms with van der Waals surface area (Å²) in [5, 5.41) is 22.5. The zero-order valence-electron chi connectivity index (χ0n) is 16.7. The average Bonchev–Trinajstić information content (AvgIpc) is 2.82. The molecule has 0 radical (unpaired) electrons. The first-order valence-electron chi connectivity index (χ1n) is 10.4. The molecule has 0 amide bonds. The van der Waals surface area contributed by atoms with Crippen LogP contribution < -0.4 is 5.11 Å². The van der Waals surface area contributed by atoms with Gasteiger partial charge in [0.25, 0.3) is 0 Å². The number of carbonyl (C=O) groups is 2. The van der Waals surface area contributed by atoms with Crippen molar-refractivity contribution in [2.75, 3.05) is 0 Å². The molecule has 4 heteroatoms. The fourth-order valence-electron chi connectivity index (χ4n) is 7.22. The molecule has 1 N–H and O–H groups in total. The summed E-state index contributed by atoms with van der Waals surface area (Å²) >= 11 is 0. The summed E-state index contributed by atoms with van der Waals surface area (Å²) in [4.78, 5) is 23.0. The first kappa shape index (κ1) is 18.9. The van der Waals surface area contributed by atoms with Crippen LogP contribution in [0, 0.1) is 28.1 Å². The molecule has 148 valence electrons. The first-order valence-corrected chi connectivity index (χ1v) is 10.4. The quantitative estimate of drug-likeness (QED) is 0.827. The van der Waals surface area contributed by atoms with Gasteiger partial charge in [-0.3, -0.25) is 4.79 Å². The molecule has 0 aliphatic heterocycles. The minimum absolute atomic E-state index is 0.0311. The van der Waals surface area contributed by atoms with Crippen LogP contribution in [-0.2, 0) is 9.59 Å². The third-order valence-electron chi connectivity index (χ3n) is 9.38. The van der Waals surface area contributed by atoms with Crippen molar-refractivity contribution >= 4 is 11.8 Å². The Morgan fingerprint density at radius 3 is 2.67 bits per heavy atom. The number of aliphatic carboxylic acids is 1. The number of carbonyl (C=O) groups excluding carboxylic acids is 2. The second kappa shape index (κ2) is 5.79. The maximum Gasteiger partial charge on any atom is 0.156 e. The molecule has 2 saturated carbocycles. The monoisotopic (exact) mass is 371 g/mol. The van der Waals surface area contributed by atoms with Gasteiger partial charge in [-0.25, -0.2) is 0 Å². The van der Waals surface area contributed by atoms with E-state index in [0.717, 1.165) is 25.7 Å². The summed E-state index contributed by atoms with van der Waals surface area (Å²) in [7, 11) is 0. The van der Waals surface area contributed by atoms with Crippen molar-refractivity contribution in [2.24, 2.45) is 28.1 Å². The van der Waals surface area contributed by atoms with Crippen LogP contribution in [0.25, 0.3) is 0 Å². The number of allylic oxidation sites excluding steroid dienone is 4. The Hall–Kier alpha value is -1.42. The van der Waals surface area contributed by atoms with Crippen molar-refractivity contribution < 1.29 is 19.8 Å². The van der Waals surface area contributed by atoms with E-state index in [-0.39, 0.29) is 34.9 Å². The van der Waals surface area contributed by atoms with E-state index < -0.39 is 11.6 Å². The lowest BCUT2D eigenvalue weighted by Gasteiger charge is -2.62. The number of rotatable bonds is 3. The number of hydrogen-bond acceptors (Lipinski definition) is 4. The predicted molar refractivity (Wildman–Crippen MR) is 100 cm³/mol. The summed E-state index contributed by atoms with van der Waals surface area (Å²) in [6, 6.07) is 0. The molecule has 4 rings (SSSR count). The second-order valence-corrected chi connectivity index (χ2v) is 10.2. The van der Waals surface area contributed by atoms with E-state index in [2.05, 4.69) is 32.9 Å². The summed E-state index contributed by atoms with van der Waals surface area (Å²) in [5.74, 6) is -0.0250. The zero-order chi connectivity index (χ0) is 19.7. The maximum absolute atomic E-state index is 11.9. The van der Waals surface area contributed by atoms with Crippen LogP contribution in [0.2, 0.25) is 0 Å². The molecule has 4 aliphatic rings. The fraction of sp³-hybridized carbons (Fsp3) is 0.739. The fourth-order valence-corrected chi connectivity index (χ4v) is 7.22. The highest BCUT2D eigenvalue weighted by Gasteiger charge is 2.68.